The van der Waals surface area contributed by atoms with Gasteiger partial charge in [0.15, 0.2) is 11.5 Å². The fraction of sp³-hybridized carbons (Fsp3) is 0.167. The summed E-state index contributed by atoms with van der Waals surface area (Å²) in [6.07, 6.45) is 0. The normalized spacial score (nSPS) is 9.53. The number of carboxylic acid groups (broad SMARTS) is 1. The van der Waals surface area contributed by atoms with Crippen molar-refractivity contribution in [1.82, 2.24) is 0 Å². The van der Waals surface area contributed by atoms with Crippen molar-refractivity contribution < 1.29 is 24.2 Å². The Morgan fingerprint density at radius 2 is 1.94 bits per heavy atom. The summed E-state index contributed by atoms with van der Waals surface area (Å²) >= 11 is 0. The summed E-state index contributed by atoms with van der Waals surface area (Å²) in [7, 11) is 1.40. The number of methoxy groups -OCH3 is 1. The Labute approximate surface area is 98.3 Å². The molecule has 0 amide bonds. The number of hydrogen-bond acceptors (Lipinski definition) is 4. The van der Waals surface area contributed by atoms with Crippen molar-refractivity contribution in [3.05, 3.63) is 30.3 Å². The first-order valence-electron chi connectivity index (χ1n) is 4.74. The average molecular weight is 236 g/mol. The number of carboxylic acids is 1. The van der Waals surface area contributed by atoms with Gasteiger partial charge in [-0.25, -0.2) is 4.79 Å². The molecule has 1 rings (SSSR count). The van der Waals surface area contributed by atoms with Crippen molar-refractivity contribution in [2.75, 3.05) is 7.11 Å². The van der Waals surface area contributed by atoms with Gasteiger partial charge in [-0.1, -0.05) is 12.6 Å². The Balaban J connectivity index is 3.12. The third-order valence-electron chi connectivity index (χ3n) is 2.02. The molecule has 0 aliphatic heterocycles. The molecule has 0 aliphatic rings. The summed E-state index contributed by atoms with van der Waals surface area (Å²) < 4.78 is 9.90. The van der Waals surface area contributed by atoms with Gasteiger partial charge in [0.25, 0.3) is 0 Å². The third-order valence-corrected chi connectivity index (χ3v) is 2.02. The highest BCUT2D eigenvalue weighted by Crippen LogP contribution is 2.30. The van der Waals surface area contributed by atoms with Crippen LogP contribution in [0.5, 0.6) is 11.5 Å². The highest BCUT2D eigenvalue weighted by atomic mass is 16.6. The van der Waals surface area contributed by atoms with Crippen LogP contribution in [0.3, 0.4) is 0 Å². The summed E-state index contributed by atoms with van der Waals surface area (Å²) in [5.74, 6) is -1.08. The molecule has 5 nitrogen and oxygen atoms in total. The highest BCUT2D eigenvalue weighted by molar-refractivity contribution is 6.14. The van der Waals surface area contributed by atoms with Crippen LogP contribution in [0.1, 0.15) is 12.5 Å². The molecule has 0 aromatic heterocycles. The molecule has 5 heteroatoms. The fourth-order valence-corrected chi connectivity index (χ4v) is 1.22. The van der Waals surface area contributed by atoms with Gasteiger partial charge in [-0.15, -0.1) is 0 Å². The van der Waals surface area contributed by atoms with Crippen molar-refractivity contribution in [3.63, 3.8) is 0 Å². The maximum atomic E-state index is 10.8. The van der Waals surface area contributed by atoms with Crippen LogP contribution in [0.2, 0.25) is 0 Å². The minimum Gasteiger partial charge on any atom is -0.493 e. The number of aliphatic carboxylic acids is 1. The molecule has 17 heavy (non-hydrogen) atoms. The Bertz CT molecular complexity index is 476. The van der Waals surface area contributed by atoms with Gasteiger partial charge in [-0.3, -0.25) is 4.79 Å². The second-order valence-electron chi connectivity index (χ2n) is 3.24. The second-order valence-corrected chi connectivity index (χ2v) is 3.24. The van der Waals surface area contributed by atoms with Gasteiger partial charge in [-0.2, -0.15) is 0 Å². The highest BCUT2D eigenvalue weighted by Gasteiger charge is 2.12. The third kappa shape index (κ3) is 3.07. The maximum Gasteiger partial charge on any atom is 0.335 e. The van der Waals surface area contributed by atoms with Gasteiger partial charge in [0.05, 0.1) is 12.7 Å². The number of esters is 1. The molecule has 0 unspecified atom stereocenters. The summed E-state index contributed by atoms with van der Waals surface area (Å²) in [6, 6.07) is 4.41. The Morgan fingerprint density at radius 3 is 2.41 bits per heavy atom. The van der Waals surface area contributed by atoms with E-state index in [0.717, 1.165) is 0 Å². The van der Waals surface area contributed by atoms with Gasteiger partial charge in [-0.05, 0) is 17.7 Å². The second kappa shape index (κ2) is 5.16. The maximum absolute atomic E-state index is 10.8. The molecule has 1 aromatic rings. The molecule has 1 N–H and O–H groups in total. The predicted octanol–water partition coefficient (Wildman–Crippen LogP) is 1.72. The molecule has 0 atom stereocenters. The van der Waals surface area contributed by atoms with E-state index in [1.54, 1.807) is 0 Å². The number of hydrogen-bond donors (Lipinski definition) is 1. The van der Waals surface area contributed by atoms with Crippen LogP contribution < -0.4 is 9.47 Å². The summed E-state index contributed by atoms with van der Waals surface area (Å²) in [5.41, 5.74) is 0.336. The Hall–Kier alpha value is -2.30. The molecule has 0 heterocycles. The van der Waals surface area contributed by atoms with Crippen molar-refractivity contribution >= 4 is 17.5 Å². The van der Waals surface area contributed by atoms with Crippen molar-refractivity contribution in [2.45, 2.75) is 6.92 Å². The number of rotatable bonds is 4. The summed E-state index contributed by atoms with van der Waals surface area (Å²) in [4.78, 5) is 21.6. The zero-order valence-electron chi connectivity index (χ0n) is 9.52. The van der Waals surface area contributed by atoms with Gasteiger partial charge in [0.2, 0.25) is 0 Å². The van der Waals surface area contributed by atoms with E-state index < -0.39 is 11.9 Å². The smallest absolute Gasteiger partial charge is 0.335 e. The van der Waals surface area contributed by atoms with E-state index in [2.05, 4.69) is 6.58 Å². The lowest BCUT2D eigenvalue weighted by Gasteiger charge is -2.09. The van der Waals surface area contributed by atoms with Gasteiger partial charge in [0, 0.05) is 6.92 Å². The van der Waals surface area contributed by atoms with Crippen LogP contribution in [-0.4, -0.2) is 24.2 Å². The van der Waals surface area contributed by atoms with Crippen molar-refractivity contribution in [2.24, 2.45) is 0 Å². The molecule has 0 saturated carbocycles. The molecule has 0 aliphatic carbocycles. The van der Waals surface area contributed by atoms with E-state index in [-0.39, 0.29) is 17.1 Å². The molecule has 0 bridgehead atoms. The number of ether oxygens (including phenoxy) is 2. The standard InChI is InChI=1S/C12H12O5/c1-7(12(14)15)9-4-5-10(17-8(2)13)11(6-9)16-3/h4-6H,1H2,2-3H3,(H,14,15). The Morgan fingerprint density at radius 1 is 1.29 bits per heavy atom. The molecular formula is C12H12O5. The summed E-state index contributed by atoms with van der Waals surface area (Å²) in [5, 5.41) is 8.79. The van der Waals surface area contributed by atoms with E-state index >= 15 is 0 Å². The van der Waals surface area contributed by atoms with Gasteiger partial charge in [0.1, 0.15) is 0 Å². The van der Waals surface area contributed by atoms with E-state index in [1.165, 1.54) is 32.2 Å². The monoisotopic (exact) mass is 236 g/mol. The van der Waals surface area contributed by atoms with Crippen LogP contribution in [0.4, 0.5) is 0 Å². The number of benzene rings is 1. The lowest BCUT2D eigenvalue weighted by Crippen LogP contribution is -2.04. The molecule has 0 radical (unpaired) electrons. The lowest BCUT2D eigenvalue weighted by atomic mass is 10.1. The number of carbonyl (C=O) groups is 2. The molecule has 0 saturated heterocycles. The molecule has 0 fully saturated rings. The SMILES string of the molecule is C=C(C(=O)O)c1ccc(OC(C)=O)c(OC)c1. The van der Waals surface area contributed by atoms with Crippen LogP contribution in [0, 0.1) is 0 Å². The van der Waals surface area contributed by atoms with Crippen LogP contribution >= 0.6 is 0 Å². The molecular weight excluding hydrogens is 224 g/mol. The van der Waals surface area contributed by atoms with Crippen molar-refractivity contribution in [1.29, 1.82) is 0 Å². The molecule has 90 valence electrons. The zero-order valence-corrected chi connectivity index (χ0v) is 9.52. The quantitative estimate of drug-likeness (QED) is 0.489. The number of carbonyl (C=O) groups excluding carboxylic acids is 1. The van der Waals surface area contributed by atoms with Gasteiger partial charge >= 0.3 is 11.9 Å². The van der Waals surface area contributed by atoms with Crippen LogP contribution in [-0.2, 0) is 9.59 Å². The van der Waals surface area contributed by atoms with Crippen LogP contribution in [0.25, 0.3) is 5.57 Å². The minimum atomic E-state index is -1.12. The fourth-order valence-electron chi connectivity index (χ4n) is 1.22. The topological polar surface area (TPSA) is 72.8 Å². The lowest BCUT2D eigenvalue weighted by molar-refractivity contribution is -0.132. The first kappa shape index (κ1) is 12.8. The molecule has 0 spiro atoms. The van der Waals surface area contributed by atoms with E-state index in [1.807, 2.05) is 0 Å². The van der Waals surface area contributed by atoms with E-state index in [4.69, 9.17) is 14.6 Å². The zero-order chi connectivity index (χ0) is 13.0. The van der Waals surface area contributed by atoms with Crippen LogP contribution in [0.15, 0.2) is 24.8 Å². The van der Waals surface area contributed by atoms with Gasteiger partial charge < -0.3 is 14.6 Å². The van der Waals surface area contributed by atoms with E-state index in [9.17, 15) is 9.59 Å². The van der Waals surface area contributed by atoms with E-state index in [0.29, 0.717) is 5.56 Å². The van der Waals surface area contributed by atoms with Crippen molar-refractivity contribution in [3.8, 4) is 11.5 Å². The first-order valence-corrected chi connectivity index (χ1v) is 4.74. The first-order chi connectivity index (χ1) is 7.95. The Kier molecular flexibility index (Phi) is 3.87. The largest absolute Gasteiger partial charge is 0.493 e. The average Bonchev–Trinajstić information content (AvgIpc) is 2.27. The molecule has 1 aromatic carbocycles. The predicted molar refractivity (Wildman–Crippen MR) is 61.0 cm³/mol. The minimum absolute atomic E-state index is 0.0577. The summed E-state index contributed by atoms with van der Waals surface area (Å²) in [6.45, 7) is 4.70.